The van der Waals surface area contributed by atoms with Gasteiger partial charge in [-0.1, -0.05) is 0 Å². The molecule has 2 atom stereocenters. The minimum atomic E-state index is -0.624. The van der Waals surface area contributed by atoms with Crippen molar-refractivity contribution in [3.63, 3.8) is 0 Å². The number of halogens is 1. The smallest absolute Gasteiger partial charge is 0.253 e. The highest BCUT2D eigenvalue weighted by Crippen LogP contribution is 2.50. The molecule has 0 radical (unpaired) electrons. The Morgan fingerprint density at radius 1 is 1.26 bits per heavy atom. The summed E-state index contributed by atoms with van der Waals surface area (Å²) in [6.45, 7) is 6.61. The second kappa shape index (κ2) is 7.46. The molecule has 3 heterocycles. The van der Waals surface area contributed by atoms with E-state index in [0.717, 1.165) is 25.2 Å². The molecule has 0 N–H and O–H groups in total. The van der Waals surface area contributed by atoms with Crippen molar-refractivity contribution in [2.75, 3.05) is 26.2 Å². The van der Waals surface area contributed by atoms with E-state index < -0.39 is 5.41 Å². The molecule has 1 spiro atoms. The molecule has 2 saturated heterocycles. The first-order valence-corrected chi connectivity index (χ1v) is 11.2. The van der Waals surface area contributed by atoms with Crippen molar-refractivity contribution < 1.29 is 14.0 Å². The molecule has 6 nitrogen and oxygen atoms in total. The summed E-state index contributed by atoms with van der Waals surface area (Å²) in [6, 6.07) is 5.92. The second-order valence-electron chi connectivity index (χ2n) is 9.69. The molecule has 0 unspecified atom stereocenters. The van der Waals surface area contributed by atoms with E-state index in [9.17, 15) is 14.0 Å². The minimum absolute atomic E-state index is 0.131. The monoisotopic (exact) mass is 424 g/mol. The molecule has 1 aromatic carbocycles. The summed E-state index contributed by atoms with van der Waals surface area (Å²) in [4.78, 5) is 35.3. The quantitative estimate of drug-likeness (QED) is 0.739. The summed E-state index contributed by atoms with van der Waals surface area (Å²) in [5.74, 6) is 0.148. The van der Waals surface area contributed by atoms with Crippen molar-refractivity contribution in [3.05, 3.63) is 53.9 Å². The number of imidazole rings is 1. The molecule has 2 aromatic rings. The summed E-state index contributed by atoms with van der Waals surface area (Å²) in [5, 5.41) is 0. The van der Waals surface area contributed by atoms with Gasteiger partial charge in [-0.25, -0.2) is 9.37 Å². The Bertz CT molecular complexity index is 997. The number of rotatable bonds is 5. The molecular weight excluding hydrogens is 395 g/mol. The third-order valence-corrected chi connectivity index (χ3v) is 7.21. The molecule has 3 fully saturated rings. The van der Waals surface area contributed by atoms with Gasteiger partial charge < -0.3 is 14.4 Å². The lowest BCUT2D eigenvalue weighted by Crippen LogP contribution is -2.41. The Labute approximate surface area is 182 Å². The van der Waals surface area contributed by atoms with Crippen molar-refractivity contribution in [1.29, 1.82) is 0 Å². The number of nitrogens with zero attached hydrogens (tertiary/aromatic N) is 4. The fourth-order valence-electron chi connectivity index (χ4n) is 5.15. The van der Waals surface area contributed by atoms with Gasteiger partial charge in [0.15, 0.2) is 0 Å². The van der Waals surface area contributed by atoms with Gasteiger partial charge in [0.2, 0.25) is 5.91 Å². The van der Waals surface area contributed by atoms with Crippen LogP contribution in [0.1, 0.15) is 61.1 Å². The van der Waals surface area contributed by atoms with Gasteiger partial charge in [-0.2, -0.15) is 0 Å². The number of likely N-dealkylation sites (tertiary alicyclic amines) is 2. The first-order valence-electron chi connectivity index (χ1n) is 11.2. The van der Waals surface area contributed by atoms with Gasteiger partial charge >= 0.3 is 0 Å². The number of hydrogen-bond acceptors (Lipinski definition) is 3. The van der Waals surface area contributed by atoms with E-state index in [1.165, 1.54) is 37.1 Å². The lowest BCUT2D eigenvalue weighted by molar-refractivity contribution is -0.136. The molecule has 7 heteroatoms. The molecule has 1 aromatic heterocycles. The highest BCUT2D eigenvalue weighted by Gasteiger charge is 2.59. The van der Waals surface area contributed by atoms with Gasteiger partial charge in [0.05, 0.1) is 17.4 Å². The molecule has 2 amide bonds. The number of aromatic nitrogens is 2. The van der Waals surface area contributed by atoms with Gasteiger partial charge in [0.1, 0.15) is 5.82 Å². The van der Waals surface area contributed by atoms with Crippen molar-refractivity contribution >= 4 is 11.8 Å². The average Bonchev–Trinajstić information content (AvgIpc) is 3.17. The van der Waals surface area contributed by atoms with Crippen molar-refractivity contribution in [3.8, 4) is 0 Å². The van der Waals surface area contributed by atoms with Crippen LogP contribution in [0.4, 0.5) is 4.39 Å². The van der Waals surface area contributed by atoms with Crippen LogP contribution in [0.3, 0.4) is 0 Å². The van der Waals surface area contributed by atoms with E-state index in [1.807, 2.05) is 17.4 Å². The van der Waals surface area contributed by atoms with Crippen molar-refractivity contribution in [1.82, 2.24) is 19.4 Å². The van der Waals surface area contributed by atoms with Crippen LogP contribution in [0.15, 0.2) is 36.8 Å². The van der Waals surface area contributed by atoms with Gasteiger partial charge in [0.25, 0.3) is 5.91 Å². The first-order chi connectivity index (χ1) is 14.9. The molecule has 5 rings (SSSR count). The molecule has 1 saturated carbocycles. The zero-order chi connectivity index (χ0) is 21.8. The highest BCUT2D eigenvalue weighted by atomic mass is 19.1. The van der Waals surface area contributed by atoms with E-state index in [0.29, 0.717) is 24.6 Å². The topological polar surface area (TPSA) is 58.4 Å². The van der Waals surface area contributed by atoms with Crippen molar-refractivity contribution in [2.45, 2.75) is 45.1 Å². The van der Waals surface area contributed by atoms with Crippen LogP contribution in [0.2, 0.25) is 0 Å². The molecule has 164 valence electrons. The van der Waals surface area contributed by atoms with Crippen LogP contribution in [-0.2, 0) is 4.79 Å². The van der Waals surface area contributed by atoms with Gasteiger partial charge in [0, 0.05) is 49.9 Å². The summed E-state index contributed by atoms with van der Waals surface area (Å²) < 4.78 is 15.4. The van der Waals surface area contributed by atoms with Crippen LogP contribution in [0, 0.1) is 17.2 Å². The van der Waals surface area contributed by atoms with E-state index >= 15 is 0 Å². The molecule has 2 aliphatic heterocycles. The molecule has 31 heavy (non-hydrogen) atoms. The van der Waals surface area contributed by atoms with Gasteiger partial charge in [-0.15, -0.1) is 0 Å². The summed E-state index contributed by atoms with van der Waals surface area (Å²) in [7, 11) is 0. The minimum Gasteiger partial charge on any atom is -0.342 e. The fraction of sp³-hybridized carbons (Fsp3) is 0.542. The summed E-state index contributed by atoms with van der Waals surface area (Å²) >= 11 is 0. The third kappa shape index (κ3) is 3.54. The maximum absolute atomic E-state index is 13.7. The fourth-order valence-corrected chi connectivity index (χ4v) is 5.15. The van der Waals surface area contributed by atoms with E-state index in [-0.39, 0.29) is 29.6 Å². The zero-order valence-corrected chi connectivity index (χ0v) is 18.1. The summed E-state index contributed by atoms with van der Waals surface area (Å²) in [5.41, 5.74) is 0.704. The van der Waals surface area contributed by atoms with Gasteiger partial charge in [-0.3, -0.25) is 9.59 Å². The summed E-state index contributed by atoms with van der Waals surface area (Å²) in [6.07, 6.45) is 6.99. The molecule has 1 aliphatic carbocycles. The molecule has 3 aliphatic rings. The van der Waals surface area contributed by atoms with Crippen LogP contribution in [0.5, 0.6) is 0 Å². The van der Waals surface area contributed by atoms with Crippen LogP contribution in [-0.4, -0.2) is 57.3 Å². The Balaban J connectivity index is 1.46. The van der Waals surface area contributed by atoms with Gasteiger partial charge in [-0.05, 0) is 63.3 Å². The maximum Gasteiger partial charge on any atom is 0.253 e. The highest BCUT2D eigenvalue weighted by molar-refractivity contribution is 5.96. The van der Waals surface area contributed by atoms with Crippen LogP contribution < -0.4 is 0 Å². The third-order valence-electron chi connectivity index (χ3n) is 7.21. The van der Waals surface area contributed by atoms with Crippen molar-refractivity contribution in [2.24, 2.45) is 11.3 Å². The van der Waals surface area contributed by atoms with E-state index in [1.54, 1.807) is 4.90 Å². The number of carbonyl (C=O) groups is 2. The SMILES string of the molecule is CC(C)n1cnc([C@H]2CN(C(=O)c3ccc(F)cc3)C[C@]23CCN(CC2CC2)C3=O)c1. The standard InChI is InChI=1S/C24H29FN4O2/c1-16(2)29-13-21(26-15-29)20-12-28(22(30)18-5-7-19(25)8-6-18)14-24(20)9-10-27(23(24)31)11-17-3-4-17/h5-8,13,15-17,20H,3-4,9-12,14H2,1-2H3/t20-,24-/m1/s1. The Morgan fingerprint density at radius 3 is 2.65 bits per heavy atom. The number of carbonyl (C=O) groups excluding carboxylic acids is 2. The zero-order valence-electron chi connectivity index (χ0n) is 18.1. The number of amides is 2. The molecular formula is C24H29FN4O2. The average molecular weight is 425 g/mol. The van der Waals surface area contributed by atoms with E-state index in [2.05, 4.69) is 23.4 Å². The molecule has 0 bridgehead atoms. The number of benzene rings is 1. The Morgan fingerprint density at radius 2 is 2.00 bits per heavy atom. The number of hydrogen-bond donors (Lipinski definition) is 0. The maximum atomic E-state index is 13.7. The van der Waals surface area contributed by atoms with Crippen LogP contribution in [0.25, 0.3) is 0 Å². The lowest BCUT2D eigenvalue weighted by atomic mass is 9.75. The normalized spacial score (nSPS) is 25.9. The second-order valence-corrected chi connectivity index (χ2v) is 9.69. The first kappa shape index (κ1) is 20.2. The lowest BCUT2D eigenvalue weighted by Gasteiger charge is -2.28. The van der Waals surface area contributed by atoms with E-state index in [4.69, 9.17) is 0 Å². The van der Waals surface area contributed by atoms with Crippen LogP contribution >= 0.6 is 0 Å². The predicted molar refractivity (Wildman–Crippen MR) is 114 cm³/mol. The predicted octanol–water partition coefficient (Wildman–Crippen LogP) is 3.47. The Kier molecular flexibility index (Phi) is 4.87. The largest absolute Gasteiger partial charge is 0.342 e. The Hall–Kier alpha value is -2.70.